The normalized spacial score (nSPS) is 12.5. The summed E-state index contributed by atoms with van der Waals surface area (Å²) in [6.45, 7) is 2.96. The van der Waals surface area contributed by atoms with Gasteiger partial charge in [0, 0.05) is 25.0 Å². The zero-order valence-electron chi connectivity index (χ0n) is 9.77. The number of nitrogens with zero attached hydrogens (tertiary/aromatic N) is 3. The van der Waals surface area contributed by atoms with Gasteiger partial charge in [0.25, 0.3) is 0 Å². The second kappa shape index (κ2) is 5.72. The van der Waals surface area contributed by atoms with Crippen molar-refractivity contribution < 1.29 is 0 Å². The number of aromatic nitrogens is 2. The van der Waals surface area contributed by atoms with Gasteiger partial charge in [-0.3, -0.25) is 0 Å². The topological polar surface area (TPSA) is 67.1 Å². The molecule has 0 fully saturated rings. The third-order valence-corrected chi connectivity index (χ3v) is 2.15. The number of nitrogens with one attached hydrogen (secondary N) is 1. The maximum atomic E-state index is 5.57. The highest BCUT2D eigenvalue weighted by molar-refractivity contribution is 7.80. The minimum atomic E-state index is 0.250. The number of hydrogen-bond donors (Lipinski definition) is 2. The lowest BCUT2D eigenvalue weighted by Gasteiger charge is -2.19. The third kappa shape index (κ3) is 3.71. The van der Waals surface area contributed by atoms with Gasteiger partial charge in [-0.1, -0.05) is 12.2 Å². The molecule has 1 heterocycles. The molecule has 88 valence electrons. The summed E-state index contributed by atoms with van der Waals surface area (Å²) < 4.78 is 0. The van der Waals surface area contributed by atoms with E-state index in [-0.39, 0.29) is 11.0 Å². The summed E-state index contributed by atoms with van der Waals surface area (Å²) >= 11 is 4.92. The van der Waals surface area contributed by atoms with E-state index in [1.165, 1.54) is 0 Å². The number of anilines is 1. The largest absolute Gasteiger partial charge is 0.388 e. The Morgan fingerprint density at radius 3 is 2.69 bits per heavy atom. The van der Waals surface area contributed by atoms with Gasteiger partial charge in [-0.05, 0) is 21.0 Å². The lowest BCUT2D eigenvalue weighted by molar-refractivity contribution is 0.392. The first-order valence-electron chi connectivity index (χ1n) is 5.02. The van der Waals surface area contributed by atoms with E-state index >= 15 is 0 Å². The van der Waals surface area contributed by atoms with Crippen LogP contribution in [0, 0.1) is 0 Å². The van der Waals surface area contributed by atoms with Crippen molar-refractivity contribution in [1.29, 1.82) is 0 Å². The van der Waals surface area contributed by atoms with Crippen LogP contribution >= 0.6 is 12.2 Å². The molecule has 0 saturated heterocycles. The SMILES string of the molecule is CC(CN(C)C)Nc1nccnc1C(N)=S. The summed E-state index contributed by atoms with van der Waals surface area (Å²) in [6, 6.07) is 0.250. The molecule has 1 aromatic heterocycles. The Kier molecular flexibility index (Phi) is 4.57. The number of hydrogen-bond acceptors (Lipinski definition) is 5. The van der Waals surface area contributed by atoms with Crippen molar-refractivity contribution in [3.8, 4) is 0 Å². The fourth-order valence-corrected chi connectivity index (χ4v) is 1.60. The molecule has 0 bridgehead atoms. The van der Waals surface area contributed by atoms with Gasteiger partial charge in [-0.25, -0.2) is 9.97 Å². The molecule has 0 saturated carbocycles. The standard InChI is InChI=1S/C10H17N5S/c1-7(6-15(2)3)14-10-8(9(11)16)12-4-5-13-10/h4-5,7H,6H2,1-3H3,(H2,11,16)(H,13,14). The second-order valence-corrected chi connectivity index (χ2v) is 4.37. The zero-order valence-corrected chi connectivity index (χ0v) is 10.6. The average molecular weight is 239 g/mol. The molecule has 0 amide bonds. The summed E-state index contributed by atoms with van der Waals surface area (Å²) in [5, 5.41) is 3.24. The van der Waals surface area contributed by atoms with Crippen LogP contribution in [0.25, 0.3) is 0 Å². The van der Waals surface area contributed by atoms with Crippen LogP contribution in [-0.4, -0.2) is 46.5 Å². The Hall–Kier alpha value is -1.27. The van der Waals surface area contributed by atoms with Gasteiger partial charge in [0.15, 0.2) is 5.82 Å². The van der Waals surface area contributed by atoms with E-state index in [0.29, 0.717) is 11.5 Å². The minimum Gasteiger partial charge on any atom is -0.388 e. The molecule has 0 aliphatic rings. The molecule has 0 aliphatic heterocycles. The molecule has 1 rings (SSSR count). The molecule has 0 spiro atoms. The molecular formula is C10H17N5S. The molecular weight excluding hydrogens is 222 g/mol. The summed E-state index contributed by atoms with van der Waals surface area (Å²) in [7, 11) is 4.03. The second-order valence-electron chi connectivity index (χ2n) is 3.93. The van der Waals surface area contributed by atoms with Crippen LogP contribution in [0.3, 0.4) is 0 Å². The first-order valence-corrected chi connectivity index (χ1v) is 5.43. The van der Waals surface area contributed by atoms with E-state index in [1.807, 2.05) is 14.1 Å². The highest BCUT2D eigenvalue weighted by Crippen LogP contribution is 2.09. The lowest BCUT2D eigenvalue weighted by atomic mass is 10.3. The monoisotopic (exact) mass is 239 g/mol. The van der Waals surface area contributed by atoms with Gasteiger partial charge in [0.2, 0.25) is 0 Å². The fraction of sp³-hybridized carbons (Fsp3) is 0.500. The molecule has 16 heavy (non-hydrogen) atoms. The van der Waals surface area contributed by atoms with Crippen LogP contribution in [0.4, 0.5) is 5.82 Å². The van der Waals surface area contributed by atoms with Crippen molar-refractivity contribution in [2.75, 3.05) is 26.0 Å². The van der Waals surface area contributed by atoms with E-state index in [9.17, 15) is 0 Å². The summed E-state index contributed by atoms with van der Waals surface area (Å²) in [6.07, 6.45) is 3.20. The maximum absolute atomic E-state index is 5.57. The van der Waals surface area contributed by atoms with Crippen LogP contribution < -0.4 is 11.1 Å². The van der Waals surface area contributed by atoms with Crippen LogP contribution in [0.2, 0.25) is 0 Å². The van der Waals surface area contributed by atoms with Crippen LogP contribution in [0.1, 0.15) is 12.6 Å². The molecule has 0 radical (unpaired) electrons. The van der Waals surface area contributed by atoms with E-state index in [0.717, 1.165) is 6.54 Å². The maximum Gasteiger partial charge on any atom is 0.155 e. The van der Waals surface area contributed by atoms with E-state index in [1.54, 1.807) is 12.4 Å². The summed E-state index contributed by atoms with van der Waals surface area (Å²) in [5.41, 5.74) is 6.11. The first kappa shape index (κ1) is 12.8. The van der Waals surface area contributed by atoms with Crippen molar-refractivity contribution in [2.45, 2.75) is 13.0 Å². The predicted molar refractivity (Wildman–Crippen MR) is 69.6 cm³/mol. The van der Waals surface area contributed by atoms with Crippen molar-refractivity contribution >= 4 is 23.0 Å². The van der Waals surface area contributed by atoms with Gasteiger partial charge in [-0.15, -0.1) is 0 Å². The molecule has 1 atom stereocenters. The molecule has 5 nitrogen and oxygen atoms in total. The van der Waals surface area contributed by atoms with E-state index < -0.39 is 0 Å². The first-order chi connectivity index (χ1) is 7.50. The Labute approximate surface area is 101 Å². The summed E-state index contributed by atoms with van der Waals surface area (Å²) in [4.78, 5) is 10.6. The highest BCUT2D eigenvalue weighted by Gasteiger charge is 2.10. The number of thiocarbonyl (C=S) groups is 1. The third-order valence-electron chi connectivity index (χ3n) is 1.95. The number of nitrogens with two attached hydrogens (primary N) is 1. The Morgan fingerprint density at radius 1 is 1.50 bits per heavy atom. The van der Waals surface area contributed by atoms with Crippen LogP contribution in [0.5, 0.6) is 0 Å². The zero-order chi connectivity index (χ0) is 12.1. The van der Waals surface area contributed by atoms with Gasteiger partial charge in [-0.2, -0.15) is 0 Å². The molecule has 6 heteroatoms. The van der Waals surface area contributed by atoms with E-state index in [4.69, 9.17) is 18.0 Å². The molecule has 0 aromatic carbocycles. The minimum absolute atomic E-state index is 0.250. The predicted octanol–water partition coefficient (Wildman–Crippen LogP) is 0.473. The highest BCUT2D eigenvalue weighted by atomic mass is 32.1. The Morgan fingerprint density at radius 2 is 2.12 bits per heavy atom. The van der Waals surface area contributed by atoms with Crippen molar-refractivity contribution in [3.05, 3.63) is 18.1 Å². The Balaban J connectivity index is 2.76. The van der Waals surface area contributed by atoms with E-state index in [2.05, 4.69) is 27.1 Å². The van der Waals surface area contributed by atoms with Gasteiger partial charge in [0.1, 0.15) is 10.7 Å². The molecule has 1 unspecified atom stereocenters. The average Bonchev–Trinajstić information content (AvgIpc) is 2.16. The number of rotatable bonds is 5. The van der Waals surface area contributed by atoms with Gasteiger partial charge < -0.3 is 16.0 Å². The number of likely N-dealkylation sites (N-methyl/N-ethyl adjacent to an activating group) is 1. The molecule has 1 aromatic rings. The smallest absolute Gasteiger partial charge is 0.155 e. The van der Waals surface area contributed by atoms with Gasteiger partial charge >= 0.3 is 0 Å². The summed E-state index contributed by atoms with van der Waals surface area (Å²) in [5.74, 6) is 0.643. The van der Waals surface area contributed by atoms with Crippen molar-refractivity contribution in [3.63, 3.8) is 0 Å². The van der Waals surface area contributed by atoms with Crippen LogP contribution in [0.15, 0.2) is 12.4 Å². The van der Waals surface area contributed by atoms with Crippen LogP contribution in [-0.2, 0) is 0 Å². The van der Waals surface area contributed by atoms with Crippen molar-refractivity contribution in [2.24, 2.45) is 5.73 Å². The fourth-order valence-electron chi connectivity index (χ4n) is 1.45. The molecule has 3 N–H and O–H groups in total. The lowest BCUT2D eigenvalue weighted by Crippen LogP contribution is -2.31. The molecule has 0 aliphatic carbocycles. The van der Waals surface area contributed by atoms with Crippen molar-refractivity contribution in [1.82, 2.24) is 14.9 Å². The Bertz CT molecular complexity index is 366. The quantitative estimate of drug-likeness (QED) is 0.728. The van der Waals surface area contributed by atoms with Gasteiger partial charge in [0.05, 0.1) is 0 Å².